The van der Waals surface area contributed by atoms with Gasteiger partial charge in [-0.05, 0) is 17.7 Å². The lowest BCUT2D eigenvalue weighted by Crippen LogP contribution is -2.28. The lowest BCUT2D eigenvalue weighted by molar-refractivity contribution is -0.149. The zero-order valence-corrected chi connectivity index (χ0v) is 9.34. The van der Waals surface area contributed by atoms with Gasteiger partial charge in [0.15, 0.2) is 0 Å². The minimum absolute atomic E-state index is 0.0106. The molecule has 0 radical (unpaired) electrons. The van der Waals surface area contributed by atoms with E-state index in [1.165, 1.54) is 0 Å². The smallest absolute Gasteiger partial charge is 0.316 e. The van der Waals surface area contributed by atoms with Crippen molar-refractivity contribution in [2.45, 2.75) is 12.2 Å². The Morgan fingerprint density at radius 1 is 1.07 bits per heavy atom. The van der Waals surface area contributed by atoms with E-state index in [9.17, 15) is 13.2 Å². The SMILES string of the molecule is NC(c1cc(Cl)c(Cl)c(Cl)c1)C(F)(F)F. The highest BCUT2D eigenvalue weighted by Crippen LogP contribution is 2.37. The molecular formula is C8H5Cl3F3N. The van der Waals surface area contributed by atoms with Crippen molar-refractivity contribution in [3.63, 3.8) is 0 Å². The Bertz CT molecular complexity index is 355. The van der Waals surface area contributed by atoms with Crippen LogP contribution in [0.1, 0.15) is 11.6 Å². The minimum Gasteiger partial charge on any atom is -0.316 e. The number of rotatable bonds is 1. The molecule has 0 fully saturated rings. The van der Waals surface area contributed by atoms with Crippen molar-refractivity contribution in [3.8, 4) is 0 Å². The summed E-state index contributed by atoms with van der Waals surface area (Å²) in [5.74, 6) is 0. The summed E-state index contributed by atoms with van der Waals surface area (Å²) in [4.78, 5) is 0. The van der Waals surface area contributed by atoms with Crippen LogP contribution in [0.5, 0.6) is 0 Å². The fourth-order valence-corrected chi connectivity index (χ4v) is 1.56. The largest absolute Gasteiger partial charge is 0.407 e. The predicted octanol–water partition coefficient (Wildman–Crippen LogP) is 4.21. The summed E-state index contributed by atoms with van der Waals surface area (Å²) in [6, 6.07) is -0.0215. The number of benzene rings is 1. The molecule has 1 unspecified atom stereocenters. The average Bonchev–Trinajstić information content (AvgIpc) is 2.10. The van der Waals surface area contributed by atoms with Gasteiger partial charge in [0.05, 0.1) is 15.1 Å². The molecule has 0 aliphatic rings. The molecule has 0 saturated carbocycles. The fraction of sp³-hybridized carbons (Fsp3) is 0.250. The second-order valence-corrected chi connectivity index (χ2v) is 4.01. The summed E-state index contributed by atoms with van der Waals surface area (Å²) in [6.45, 7) is 0. The maximum Gasteiger partial charge on any atom is 0.407 e. The number of hydrogen-bond donors (Lipinski definition) is 1. The Kier molecular flexibility index (Phi) is 3.76. The molecule has 1 aromatic carbocycles. The van der Waals surface area contributed by atoms with Gasteiger partial charge in [0.1, 0.15) is 6.04 Å². The van der Waals surface area contributed by atoms with Crippen molar-refractivity contribution in [2.75, 3.05) is 0 Å². The van der Waals surface area contributed by atoms with Gasteiger partial charge < -0.3 is 5.73 Å². The quantitative estimate of drug-likeness (QED) is 0.765. The lowest BCUT2D eigenvalue weighted by atomic mass is 10.1. The fourth-order valence-electron chi connectivity index (χ4n) is 0.944. The Hall–Kier alpha value is -0.160. The van der Waals surface area contributed by atoms with Gasteiger partial charge in [-0.25, -0.2) is 0 Å². The van der Waals surface area contributed by atoms with Crippen LogP contribution in [0.4, 0.5) is 13.2 Å². The topological polar surface area (TPSA) is 26.0 Å². The van der Waals surface area contributed by atoms with Crippen LogP contribution < -0.4 is 5.73 Å². The molecule has 7 heteroatoms. The molecular weight excluding hydrogens is 273 g/mol. The second kappa shape index (κ2) is 4.37. The van der Waals surface area contributed by atoms with Gasteiger partial charge in [-0.2, -0.15) is 13.2 Å². The summed E-state index contributed by atoms with van der Waals surface area (Å²) in [5, 5.41) is -0.103. The van der Waals surface area contributed by atoms with Gasteiger partial charge in [0.2, 0.25) is 0 Å². The third kappa shape index (κ3) is 2.91. The van der Waals surface area contributed by atoms with Crippen molar-refractivity contribution in [3.05, 3.63) is 32.8 Å². The van der Waals surface area contributed by atoms with Crippen LogP contribution in [0, 0.1) is 0 Å². The molecule has 0 saturated heterocycles. The molecule has 1 aromatic rings. The average molecular weight is 278 g/mol. The van der Waals surface area contributed by atoms with Crippen LogP contribution in [0.3, 0.4) is 0 Å². The predicted molar refractivity (Wildman–Crippen MR) is 54.5 cm³/mol. The molecule has 84 valence electrons. The first-order chi connectivity index (χ1) is 6.73. The number of halogens is 6. The Morgan fingerprint density at radius 3 is 1.80 bits per heavy atom. The highest BCUT2D eigenvalue weighted by Gasteiger charge is 2.38. The van der Waals surface area contributed by atoms with Crippen molar-refractivity contribution in [1.29, 1.82) is 0 Å². The molecule has 0 amide bonds. The third-order valence-electron chi connectivity index (χ3n) is 1.72. The number of alkyl halides is 3. The zero-order chi connectivity index (χ0) is 11.8. The monoisotopic (exact) mass is 277 g/mol. The van der Waals surface area contributed by atoms with E-state index in [4.69, 9.17) is 40.5 Å². The molecule has 0 aliphatic heterocycles. The van der Waals surface area contributed by atoms with Crippen LogP contribution in [0.25, 0.3) is 0 Å². The van der Waals surface area contributed by atoms with Gasteiger partial charge in [0.25, 0.3) is 0 Å². The Morgan fingerprint density at radius 2 is 1.47 bits per heavy atom. The highest BCUT2D eigenvalue weighted by atomic mass is 35.5. The van der Waals surface area contributed by atoms with Gasteiger partial charge in [-0.15, -0.1) is 0 Å². The van der Waals surface area contributed by atoms with E-state index in [1.807, 2.05) is 0 Å². The standard InChI is InChI=1S/C8H5Cl3F3N/c9-4-1-3(2-5(10)6(4)11)7(15)8(12,13)14/h1-2,7H,15H2. The van der Waals surface area contributed by atoms with Crippen molar-refractivity contribution in [2.24, 2.45) is 5.73 Å². The first kappa shape index (κ1) is 12.9. The van der Waals surface area contributed by atoms with Crippen LogP contribution in [0.15, 0.2) is 12.1 Å². The van der Waals surface area contributed by atoms with Crippen molar-refractivity contribution < 1.29 is 13.2 Å². The van der Waals surface area contributed by atoms with E-state index in [1.54, 1.807) is 0 Å². The molecule has 1 nitrogen and oxygen atoms in total. The third-order valence-corrected chi connectivity index (χ3v) is 2.91. The van der Waals surface area contributed by atoms with Gasteiger partial charge in [0, 0.05) is 0 Å². The summed E-state index contributed by atoms with van der Waals surface area (Å²) >= 11 is 16.7. The van der Waals surface area contributed by atoms with Crippen LogP contribution in [-0.2, 0) is 0 Å². The molecule has 2 N–H and O–H groups in total. The van der Waals surface area contributed by atoms with Crippen LogP contribution in [0.2, 0.25) is 15.1 Å². The summed E-state index contributed by atoms with van der Waals surface area (Å²) in [7, 11) is 0. The first-order valence-corrected chi connectivity index (χ1v) is 4.83. The maximum atomic E-state index is 12.3. The lowest BCUT2D eigenvalue weighted by Gasteiger charge is -2.16. The van der Waals surface area contributed by atoms with E-state index in [-0.39, 0.29) is 20.6 Å². The van der Waals surface area contributed by atoms with Gasteiger partial charge in [-0.3, -0.25) is 0 Å². The van der Waals surface area contributed by atoms with E-state index in [0.717, 1.165) is 12.1 Å². The van der Waals surface area contributed by atoms with Crippen LogP contribution >= 0.6 is 34.8 Å². The zero-order valence-electron chi connectivity index (χ0n) is 7.08. The first-order valence-electron chi connectivity index (χ1n) is 3.70. The van der Waals surface area contributed by atoms with Crippen molar-refractivity contribution >= 4 is 34.8 Å². The maximum absolute atomic E-state index is 12.3. The van der Waals surface area contributed by atoms with E-state index < -0.39 is 12.2 Å². The Balaban J connectivity index is 3.17. The summed E-state index contributed by atoms with van der Waals surface area (Å²) in [5.41, 5.74) is 4.75. The number of hydrogen-bond acceptors (Lipinski definition) is 1. The van der Waals surface area contributed by atoms with Gasteiger partial charge in [-0.1, -0.05) is 34.8 Å². The molecule has 1 rings (SSSR count). The molecule has 1 atom stereocenters. The molecule has 0 spiro atoms. The van der Waals surface area contributed by atoms with Gasteiger partial charge >= 0.3 is 6.18 Å². The highest BCUT2D eigenvalue weighted by molar-refractivity contribution is 6.48. The van der Waals surface area contributed by atoms with E-state index in [0.29, 0.717) is 0 Å². The normalized spacial score (nSPS) is 14.1. The molecule has 0 bridgehead atoms. The minimum atomic E-state index is -4.54. The van der Waals surface area contributed by atoms with E-state index in [2.05, 4.69) is 0 Å². The summed E-state index contributed by atoms with van der Waals surface area (Å²) < 4.78 is 36.8. The summed E-state index contributed by atoms with van der Waals surface area (Å²) in [6.07, 6.45) is -4.54. The Labute approximate surface area is 98.9 Å². The number of nitrogens with two attached hydrogens (primary N) is 1. The molecule has 0 aromatic heterocycles. The molecule has 15 heavy (non-hydrogen) atoms. The van der Waals surface area contributed by atoms with E-state index >= 15 is 0 Å². The molecule has 0 heterocycles. The molecule has 0 aliphatic carbocycles. The second-order valence-electron chi connectivity index (χ2n) is 2.82. The van der Waals surface area contributed by atoms with Crippen LogP contribution in [-0.4, -0.2) is 6.18 Å². The van der Waals surface area contributed by atoms with Crippen molar-refractivity contribution in [1.82, 2.24) is 0 Å².